The van der Waals surface area contributed by atoms with Crippen LogP contribution in [0.4, 0.5) is 0 Å². The van der Waals surface area contributed by atoms with Gasteiger partial charge in [-0.15, -0.1) is 0 Å². The van der Waals surface area contributed by atoms with E-state index >= 15 is 0 Å². The highest BCUT2D eigenvalue weighted by atomic mass is 35.5. The fraction of sp³-hybridized carbons (Fsp3) is 0.778. The highest BCUT2D eigenvalue weighted by molar-refractivity contribution is 6.25. The van der Waals surface area contributed by atoms with Crippen molar-refractivity contribution in [2.75, 3.05) is 13.1 Å². The normalized spacial score (nSPS) is 13.7. The van der Waals surface area contributed by atoms with E-state index in [0.717, 1.165) is 13.1 Å². The van der Waals surface area contributed by atoms with Gasteiger partial charge in [0.2, 0.25) is 0 Å². The Kier molecular flexibility index (Phi) is 4.78. The number of halogens is 1. The van der Waals surface area contributed by atoms with Crippen LogP contribution in [0.25, 0.3) is 0 Å². The van der Waals surface area contributed by atoms with E-state index in [-0.39, 0.29) is 0 Å². The molecule has 0 aromatic carbocycles. The van der Waals surface area contributed by atoms with Gasteiger partial charge in [-0.25, -0.2) is 0 Å². The Balaban J connectivity index is 3.43. The van der Waals surface area contributed by atoms with E-state index in [2.05, 4.69) is 26.1 Å². The third-order valence-corrected chi connectivity index (χ3v) is 1.62. The monoisotopic (exact) mass is 175 g/mol. The van der Waals surface area contributed by atoms with Crippen molar-refractivity contribution in [3.05, 3.63) is 11.1 Å². The molecular formula is C9H18ClN. The van der Waals surface area contributed by atoms with Crippen LogP contribution in [0.3, 0.4) is 0 Å². The predicted molar refractivity (Wildman–Crippen MR) is 51.9 cm³/mol. The summed E-state index contributed by atoms with van der Waals surface area (Å²) in [5, 5.41) is 3.32. The second kappa shape index (κ2) is 4.78. The van der Waals surface area contributed by atoms with Gasteiger partial charge in [-0.05, 0) is 17.9 Å². The van der Waals surface area contributed by atoms with Crippen molar-refractivity contribution in [3.8, 4) is 0 Å². The average molecular weight is 176 g/mol. The molecule has 0 aliphatic carbocycles. The van der Waals surface area contributed by atoms with E-state index in [9.17, 15) is 0 Å². The van der Waals surface area contributed by atoms with Crippen molar-refractivity contribution in [3.63, 3.8) is 0 Å². The van der Waals surface area contributed by atoms with Crippen LogP contribution in [0.1, 0.15) is 27.7 Å². The van der Waals surface area contributed by atoms with E-state index in [0.29, 0.717) is 5.41 Å². The second-order valence-electron chi connectivity index (χ2n) is 4.12. The summed E-state index contributed by atoms with van der Waals surface area (Å²) < 4.78 is 0. The first-order valence-corrected chi connectivity index (χ1v) is 4.36. The van der Waals surface area contributed by atoms with Crippen LogP contribution >= 0.6 is 11.6 Å². The first-order valence-electron chi connectivity index (χ1n) is 3.92. The molecule has 0 amide bonds. The van der Waals surface area contributed by atoms with Crippen LogP contribution in [-0.4, -0.2) is 13.1 Å². The van der Waals surface area contributed by atoms with Crippen LogP contribution in [-0.2, 0) is 0 Å². The molecule has 0 heterocycles. The van der Waals surface area contributed by atoms with Gasteiger partial charge in [-0.3, -0.25) is 0 Å². The molecule has 0 unspecified atom stereocenters. The van der Waals surface area contributed by atoms with Gasteiger partial charge < -0.3 is 5.32 Å². The lowest BCUT2D eigenvalue weighted by atomic mass is 9.97. The maximum Gasteiger partial charge on any atom is 0.0173 e. The summed E-state index contributed by atoms with van der Waals surface area (Å²) >= 11 is 5.50. The molecule has 0 radical (unpaired) electrons. The molecule has 0 aliphatic rings. The molecule has 2 heteroatoms. The van der Waals surface area contributed by atoms with Gasteiger partial charge in [0.1, 0.15) is 0 Å². The lowest BCUT2D eigenvalue weighted by Gasteiger charge is -2.18. The Morgan fingerprint density at radius 1 is 1.45 bits per heavy atom. The Hall–Kier alpha value is -0.0100. The molecular weight excluding hydrogens is 158 g/mol. The van der Waals surface area contributed by atoms with Gasteiger partial charge in [0.15, 0.2) is 0 Å². The Morgan fingerprint density at radius 3 is 2.36 bits per heavy atom. The van der Waals surface area contributed by atoms with Crippen molar-refractivity contribution in [2.45, 2.75) is 27.7 Å². The second-order valence-corrected chi connectivity index (χ2v) is 4.34. The highest BCUT2D eigenvalue weighted by Crippen LogP contribution is 2.10. The zero-order valence-electron chi connectivity index (χ0n) is 7.87. The number of hydrogen-bond donors (Lipinski definition) is 1. The van der Waals surface area contributed by atoms with Crippen LogP contribution in [0, 0.1) is 5.41 Å². The lowest BCUT2D eigenvalue weighted by Crippen LogP contribution is -2.27. The van der Waals surface area contributed by atoms with Crippen molar-refractivity contribution in [1.82, 2.24) is 5.32 Å². The maximum absolute atomic E-state index is 5.50. The molecule has 0 saturated carbocycles. The third kappa shape index (κ3) is 7.89. The summed E-state index contributed by atoms with van der Waals surface area (Å²) in [5.74, 6) is 0. The molecule has 0 aromatic rings. The van der Waals surface area contributed by atoms with Crippen LogP contribution < -0.4 is 5.32 Å². The summed E-state index contributed by atoms with van der Waals surface area (Å²) in [4.78, 5) is 0. The number of nitrogens with one attached hydrogen (secondary N) is 1. The van der Waals surface area contributed by atoms with Crippen molar-refractivity contribution < 1.29 is 0 Å². The fourth-order valence-corrected chi connectivity index (χ4v) is 0.750. The summed E-state index contributed by atoms with van der Waals surface area (Å²) in [6, 6.07) is 0. The molecule has 66 valence electrons. The minimum atomic E-state index is 0.354. The summed E-state index contributed by atoms with van der Waals surface area (Å²) in [6.45, 7) is 10.6. The maximum atomic E-state index is 5.50. The van der Waals surface area contributed by atoms with E-state index in [4.69, 9.17) is 11.6 Å². The smallest absolute Gasteiger partial charge is 0.0173 e. The van der Waals surface area contributed by atoms with E-state index in [1.165, 1.54) is 5.57 Å². The third-order valence-electron chi connectivity index (χ3n) is 1.25. The molecule has 0 bridgehead atoms. The van der Waals surface area contributed by atoms with Gasteiger partial charge in [0.25, 0.3) is 0 Å². The van der Waals surface area contributed by atoms with Crippen LogP contribution in [0.15, 0.2) is 11.1 Å². The largest absolute Gasteiger partial charge is 0.312 e. The molecule has 0 spiro atoms. The quantitative estimate of drug-likeness (QED) is 0.696. The van der Waals surface area contributed by atoms with Gasteiger partial charge in [-0.2, -0.15) is 0 Å². The van der Waals surface area contributed by atoms with Gasteiger partial charge in [0.05, 0.1) is 0 Å². The molecule has 0 aliphatic heterocycles. The topological polar surface area (TPSA) is 12.0 Å². The van der Waals surface area contributed by atoms with Crippen molar-refractivity contribution in [2.24, 2.45) is 5.41 Å². The zero-order chi connectivity index (χ0) is 8.91. The molecule has 0 fully saturated rings. The Bertz CT molecular complexity index is 133. The summed E-state index contributed by atoms with van der Waals surface area (Å²) in [7, 11) is 0. The zero-order valence-corrected chi connectivity index (χ0v) is 8.63. The highest BCUT2D eigenvalue weighted by Gasteiger charge is 2.08. The molecule has 0 saturated heterocycles. The molecule has 1 N–H and O–H groups in total. The molecule has 11 heavy (non-hydrogen) atoms. The minimum absolute atomic E-state index is 0.354. The fourth-order valence-electron chi connectivity index (χ4n) is 0.673. The van der Waals surface area contributed by atoms with E-state index < -0.39 is 0 Å². The lowest BCUT2D eigenvalue weighted by molar-refractivity contribution is 0.387. The average Bonchev–Trinajstić information content (AvgIpc) is 1.85. The van der Waals surface area contributed by atoms with Crippen molar-refractivity contribution >= 4 is 11.6 Å². The van der Waals surface area contributed by atoms with Crippen LogP contribution in [0.5, 0.6) is 0 Å². The van der Waals surface area contributed by atoms with E-state index in [1.54, 1.807) is 5.54 Å². The van der Waals surface area contributed by atoms with Gasteiger partial charge in [0, 0.05) is 18.6 Å². The van der Waals surface area contributed by atoms with E-state index in [1.807, 2.05) is 6.92 Å². The predicted octanol–water partition coefficient (Wildman–Crippen LogP) is 2.76. The van der Waals surface area contributed by atoms with Crippen LogP contribution in [0.2, 0.25) is 0 Å². The molecule has 1 nitrogen and oxygen atoms in total. The first kappa shape index (κ1) is 11.0. The molecule has 0 aromatic heterocycles. The molecule has 0 rings (SSSR count). The standard InChI is InChI=1S/C9H18ClN/c1-8(5-10)6-11-7-9(2,3)4/h5,11H,6-7H2,1-4H3. The Morgan fingerprint density at radius 2 is 2.00 bits per heavy atom. The van der Waals surface area contributed by atoms with Gasteiger partial charge in [-0.1, -0.05) is 32.4 Å². The van der Waals surface area contributed by atoms with Gasteiger partial charge >= 0.3 is 0 Å². The van der Waals surface area contributed by atoms with Crippen molar-refractivity contribution in [1.29, 1.82) is 0 Å². The number of hydrogen-bond acceptors (Lipinski definition) is 1. The summed E-state index contributed by atoms with van der Waals surface area (Å²) in [6.07, 6.45) is 0. The SMILES string of the molecule is CC(=CCl)CNCC(C)(C)C. The molecule has 0 atom stereocenters. The summed E-state index contributed by atoms with van der Waals surface area (Å²) in [5.41, 5.74) is 3.15. The Labute approximate surface area is 74.8 Å². The first-order chi connectivity index (χ1) is 4.95. The number of rotatable bonds is 3. The minimum Gasteiger partial charge on any atom is -0.312 e.